The maximum atomic E-state index is 11.7. The van der Waals surface area contributed by atoms with Crippen LogP contribution >= 0.6 is 28.3 Å². The molecule has 1 heterocycles. The average molecular weight is 390 g/mol. The number of nitrogens with zero attached hydrogens (tertiary/aromatic N) is 2. The van der Waals surface area contributed by atoms with Crippen molar-refractivity contribution in [3.63, 3.8) is 0 Å². The fourth-order valence-electron chi connectivity index (χ4n) is 1.78. The summed E-state index contributed by atoms with van der Waals surface area (Å²) in [7, 11) is 0. The highest BCUT2D eigenvalue weighted by Crippen LogP contribution is 2.20. The number of rotatable bonds is 5. The van der Waals surface area contributed by atoms with Crippen LogP contribution in [0.3, 0.4) is 0 Å². The Morgan fingerprint density at radius 2 is 2.00 bits per heavy atom. The van der Waals surface area contributed by atoms with E-state index in [4.69, 9.17) is 10.3 Å². The Morgan fingerprint density at radius 1 is 1.36 bits per heavy atom. The molecule has 8 heteroatoms. The van der Waals surface area contributed by atoms with E-state index in [1.807, 2.05) is 24.3 Å². The van der Waals surface area contributed by atoms with Crippen LogP contribution in [-0.4, -0.2) is 22.1 Å². The first-order chi connectivity index (χ1) is 9.95. The lowest BCUT2D eigenvalue weighted by atomic mass is 10.2. The van der Waals surface area contributed by atoms with Gasteiger partial charge in [-0.3, -0.25) is 4.79 Å². The normalized spacial score (nSPS) is 13.1. The summed E-state index contributed by atoms with van der Waals surface area (Å²) in [6.45, 7) is 3.57. The van der Waals surface area contributed by atoms with Gasteiger partial charge in [-0.2, -0.15) is 4.98 Å². The van der Waals surface area contributed by atoms with Crippen molar-refractivity contribution in [1.82, 2.24) is 15.5 Å². The van der Waals surface area contributed by atoms with Gasteiger partial charge in [-0.05, 0) is 38.1 Å². The van der Waals surface area contributed by atoms with Crippen LogP contribution in [0.4, 0.5) is 0 Å². The number of nitrogens with one attached hydrogen (secondary N) is 1. The number of halogens is 2. The monoisotopic (exact) mass is 388 g/mol. The molecule has 120 valence electrons. The second kappa shape index (κ2) is 8.26. The van der Waals surface area contributed by atoms with E-state index in [1.165, 1.54) is 0 Å². The predicted octanol–water partition coefficient (Wildman–Crippen LogP) is 2.84. The molecule has 0 fully saturated rings. The van der Waals surface area contributed by atoms with Crippen molar-refractivity contribution < 1.29 is 9.32 Å². The standard InChI is InChI=1S/C14H17BrN4O2.ClH/c1-8(16)7-12(20)17-9(2)14-18-13(19-21-14)10-3-5-11(15)6-4-10;/h3-6,8-9H,7,16H2,1-2H3,(H,17,20);1H. The molecule has 1 amide bonds. The lowest BCUT2D eigenvalue weighted by Crippen LogP contribution is -2.31. The molecule has 0 radical (unpaired) electrons. The minimum Gasteiger partial charge on any atom is -0.345 e. The molecule has 1 aromatic heterocycles. The largest absolute Gasteiger partial charge is 0.345 e. The second-order valence-electron chi connectivity index (χ2n) is 4.93. The van der Waals surface area contributed by atoms with Crippen LogP contribution in [-0.2, 0) is 4.79 Å². The van der Waals surface area contributed by atoms with Gasteiger partial charge >= 0.3 is 0 Å². The van der Waals surface area contributed by atoms with Crippen LogP contribution < -0.4 is 11.1 Å². The number of carbonyl (C=O) groups is 1. The van der Waals surface area contributed by atoms with Crippen LogP contribution in [0.15, 0.2) is 33.3 Å². The summed E-state index contributed by atoms with van der Waals surface area (Å²) in [5.41, 5.74) is 6.43. The summed E-state index contributed by atoms with van der Waals surface area (Å²) in [5, 5.41) is 6.71. The van der Waals surface area contributed by atoms with Crippen LogP contribution in [0.25, 0.3) is 11.4 Å². The van der Waals surface area contributed by atoms with E-state index in [2.05, 4.69) is 31.4 Å². The van der Waals surface area contributed by atoms with Gasteiger partial charge in [0.15, 0.2) is 0 Å². The summed E-state index contributed by atoms with van der Waals surface area (Å²) >= 11 is 3.37. The van der Waals surface area contributed by atoms with Crippen molar-refractivity contribution in [1.29, 1.82) is 0 Å². The molecular formula is C14H18BrClN4O2. The fourth-order valence-corrected chi connectivity index (χ4v) is 2.05. The van der Waals surface area contributed by atoms with Crippen LogP contribution in [0.2, 0.25) is 0 Å². The zero-order valence-corrected chi connectivity index (χ0v) is 14.6. The van der Waals surface area contributed by atoms with E-state index in [0.717, 1.165) is 10.0 Å². The molecule has 2 unspecified atom stereocenters. The number of carbonyl (C=O) groups excluding carboxylic acids is 1. The van der Waals surface area contributed by atoms with Gasteiger partial charge in [0.2, 0.25) is 17.6 Å². The number of amides is 1. The van der Waals surface area contributed by atoms with E-state index in [1.54, 1.807) is 13.8 Å². The van der Waals surface area contributed by atoms with E-state index in [9.17, 15) is 4.79 Å². The number of hydrogen-bond donors (Lipinski definition) is 2. The van der Waals surface area contributed by atoms with Gasteiger partial charge in [0.05, 0.1) is 0 Å². The number of aromatic nitrogens is 2. The van der Waals surface area contributed by atoms with Gasteiger partial charge in [0, 0.05) is 22.5 Å². The molecule has 3 N–H and O–H groups in total. The zero-order valence-electron chi connectivity index (χ0n) is 12.2. The molecular weight excluding hydrogens is 372 g/mol. The summed E-state index contributed by atoms with van der Waals surface area (Å²) < 4.78 is 6.18. The number of benzene rings is 1. The van der Waals surface area contributed by atoms with Crippen LogP contribution in [0.5, 0.6) is 0 Å². The summed E-state index contributed by atoms with van der Waals surface area (Å²) in [6.07, 6.45) is 0.262. The predicted molar refractivity (Wildman–Crippen MR) is 89.5 cm³/mol. The van der Waals surface area contributed by atoms with E-state index < -0.39 is 0 Å². The van der Waals surface area contributed by atoms with Crippen molar-refractivity contribution >= 4 is 34.2 Å². The first kappa shape index (κ1) is 18.6. The Bertz CT molecular complexity index is 616. The maximum Gasteiger partial charge on any atom is 0.249 e. The SMILES string of the molecule is CC(N)CC(=O)NC(C)c1nc(-c2ccc(Br)cc2)no1.Cl. The third-order valence-electron chi connectivity index (χ3n) is 2.80. The molecule has 6 nitrogen and oxygen atoms in total. The Kier molecular flexibility index (Phi) is 6.99. The highest BCUT2D eigenvalue weighted by molar-refractivity contribution is 9.10. The smallest absolute Gasteiger partial charge is 0.249 e. The highest BCUT2D eigenvalue weighted by Gasteiger charge is 2.17. The number of nitrogens with two attached hydrogens (primary N) is 1. The Morgan fingerprint density at radius 3 is 2.59 bits per heavy atom. The second-order valence-corrected chi connectivity index (χ2v) is 5.85. The average Bonchev–Trinajstić information content (AvgIpc) is 2.88. The lowest BCUT2D eigenvalue weighted by molar-refractivity contribution is -0.122. The summed E-state index contributed by atoms with van der Waals surface area (Å²) in [6, 6.07) is 7.04. The van der Waals surface area contributed by atoms with Crippen molar-refractivity contribution in [3.05, 3.63) is 34.6 Å². The quantitative estimate of drug-likeness (QED) is 0.820. The van der Waals surface area contributed by atoms with E-state index >= 15 is 0 Å². The lowest BCUT2D eigenvalue weighted by Gasteiger charge is -2.10. The van der Waals surface area contributed by atoms with Gasteiger partial charge in [-0.15, -0.1) is 12.4 Å². The van der Waals surface area contributed by atoms with Crippen LogP contribution in [0.1, 0.15) is 32.2 Å². The maximum absolute atomic E-state index is 11.7. The minimum absolute atomic E-state index is 0. The summed E-state index contributed by atoms with van der Waals surface area (Å²) in [5.74, 6) is 0.720. The first-order valence-corrected chi connectivity index (χ1v) is 7.39. The third-order valence-corrected chi connectivity index (χ3v) is 3.33. The molecule has 0 aliphatic rings. The molecule has 0 saturated carbocycles. The summed E-state index contributed by atoms with van der Waals surface area (Å²) in [4.78, 5) is 16.0. The zero-order chi connectivity index (χ0) is 15.4. The van der Waals surface area contributed by atoms with Crippen molar-refractivity contribution in [2.24, 2.45) is 5.73 Å². The third kappa shape index (κ3) is 5.08. The van der Waals surface area contributed by atoms with Crippen molar-refractivity contribution in [2.45, 2.75) is 32.4 Å². The van der Waals surface area contributed by atoms with Crippen molar-refractivity contribution in [3.8, 4) is 11.4 Å². The molecule has 0 saturated heterocycles. The molecule has 22 heavy (non-hydrogen) atoms. The topological polar surface area (TPSA) is 94.0 Å². The number of hydrogen-bond acceptors (Lipinski definition) is 5. The molecule has 0 bridgehead atoms. The van der Waals surface area contributed by atoms with E-state index in [0.29, 0.717) is 11.7 Å². The van der Waals surface area contributed by atoms with Gasteiger partial charge < -0.3 is 15.6 Å². The Balaban J connectivity index is 0.00000242. The fraction of sp³-hybridized carbons (Fsp3) is 0.357. The molecule has 0 aliphatic carbocycles. The van der Waals surface area contributed by atoms with E-state index in [-0.39, 0.29) is 36.8 Å². The van der Waals surface area contributed by atoms with Crippen LogP contribution in [0, 0.1) is 0 Å². The van der Waals surface area contributed by atoms with Gasteiger partial charge in [0.25, 0.3) is 0 Å². The minimum atomic E-state index is -0.354. The molecule has 0 aliphatic heterocycles. The molecule has 2 aromatic rings. The van der Waals surface area contributed by atoms with Gasteiger partial charge in [0.1, 0.15) is 6.04 Å². The van der Waals surface area contributed by atoms with Gasteiger partial charge in [-0.1, -0.05) is 21.1 Å². The van der Waals surface area contributed by atoms with Crippen molar-refractivity contribution in [2.75, 3.05) is 0 Å². The molecule has 2 rings (SSSR count). The first-order valence-electron chi connectivity index (χ1n) is 6.60. The Labute approximate surface area is 143 Å². The molecule has 0 spiro atoms. The molecule has 2 atom stereocenters. The van der Waals surface area contributed by atoms with Gasteiger partial charge in [-0.25, -0.2) is 0 Å². The Hall–Kier alpha value is -1.44. The molecule has 1 aromatic carbocycles. The highest BCUT2D eigenvalue weighted by atomic mass is 79.9.